The Balaban J connectivity index is 1.64. The molecule has 1 aliphatic rings. The summed E-state index contributed by atoms with van der Waals surface area (Å²) in [6.45, 7) is 1.45. The van der Waals surface area contributed by atoms with Crippen LogP contribution in [0.15, 0.2) is 36.4 Å². The molecule has 4 heteroatoms. The molecule has 2 aromatic carbocycles. The van der Waals surface area contributed by atoms with Crippen LogP contribution in [0.1, 0.15) is 12.0 Å². The normalized spacial score (nSPS) is 21.8. The first-order chi connectivity index (χ1) is 10.2. The van der Waals surface area contributed by atoms with Crippen LogP contribution >= 0.6 is 11.8 Å². The number of fused-ring (bicyclic) bond motifs is 1. The number of methoxy groups -OCH3 is 1. The van der Waals surface area contributed by atoms with Crippen molar-refractivity contribution in [2.75, 3.05) is 25.2 Å². The van der Waals surface area contributed by atoms with E-state index in [1.54, 1.807) is 7.11 Å². The van der Waals surface area contributed by atoms with Gasteiger partial charge in [0.1, 0.15) is 5.75 Å². The first-order valence-corrected chi connectivity index (χ1v) is 8.42. The number of nitrogens with one attached hydrogen (secondary N) is 1. The monoisotopic (exact) mass is 303 g/mol. The van der Waals surface area contributed by atoms with Gasteiger partial charge in [-0.15, -0.1) is 0 Å². The smallest absolute Gasteiger partial charge is 0.119 e. The Morgan fingerprint density at radius 2 is 2.05 bits per heavy atom. The highest BCUT2D eigenvalue weighted by molar-refractivity contribution is 7.99. The fourth-order valence-electron chi connectivity index (χ4n) is 2.69. The molecule has 0 spiro atoms. The summed E-state index contributed by atoms with van der Waals surface area (Å²) in [6.07, 6.45) is 0.891. The average Bonchev–Trinajstić information content (AvgIpc) is 2.93. The van der Waals surface area contributed by atoms with Gasteiger partial charge >= 0.3 is 0 Å². The lowest BCUT2D eigenvalue weighted by Crippen LogP contribution is -2.40. The fraction of sp³-hybridized carbons (Fsp3) is 0.412. The minimum absolute atomic E-state index is 0.519. The van der Waals surface area contributed by atoms with Crippen molar-refractivity contribution < 1.29 is 9.84 Å². The zero-order valence-corrected chi connectivity index (χ0v) is 13.1. The standard InChI is InChI=1S/C17H21NO2S/c1-20-16-5-4-14-8-13(2-3-15(14)9-16)10-18-11-17(19)6-7-21-12-17/h2-5,8-9,18-19H,6-7,10-12H2,1H3. The number of hydrogen-bond acceptors (Lipinski definition) is 4. The lowest BCUT2D eigenvalue weighted by Gasteiger charge is -2.21. The maximum atomic E-state index is 10.3. The van der Waals surface area contributed by atoms with Crippen LogP contribution in [0.3, 0.4) is 0 Å². The van der Waals surface area contributed by atoms with Crippen molar-refractivity contribution in [3.05, 3.63) is 42.0 Å². The molecule has 3 rings (SSSR count). The molecule has 1 unspecified atom stereocenters. The minimum Gasteiger partial charge on any atom is -0.497 e. The molecular weight excluding hydrogens is 282 g/mol. The highest BCUT2D eigenvalue weighted by Gasteiger charge is 2.30. The van der Waals surface area contributed by atoms with E-state index in [1.165, 1.54) is 16.3 Å². The quantitative estimate of drug-likeness (QED) is 0.891. The van der Waals surface area contributed by atoms with Crippen LogP contribution in [0.25, 0.3) is 10.8 Å². The third-order valence-corrected chi connectivity index (χ3v) is 5.21. The van der Waals surface area contributed by atoms with Crippen molar-refractivity contribution >= 4 is 22.5 Å². The van der Waals surface area contributed by atoms with Crippen molar-refractivity contribution in [1.82, 2.24) is 5.32 Å². The van der Waals surface area contributed by atoms with Crippen molar-refractivity contribution in [2.45, 2.75) is 18.6 Å². The summed E-state index contributed by atoms with van der Waals surface area (Å²) in [5.41, 5.74) is 0.719. The van der Waals surface area contributed by atoms with Gasteiger partial charge in [-0.2, -0.15) is 11.8 Å². The van der Waals surface area contributed by atoms with Crippen LogP contribution in [-0.4, -0.2) is 35.9 Å². The minimum atomic E-state index is -0.519. The summed E-state index contributed by atoms with van der Waals surface area (Å²) in [5, 5.41) is 16.1. The molecule has 0 radical (unpaired) electrons. The van der Waals surface area contributed by atoms with Gasteiger partial charge in [0.05, 0.1) is 12.7 Å². The van der Waals surface area contributed by atoms with Crippen molar-refractivity contribution in [3.8, 4) is 5.75 Å². The Hall–Kier alpha value is -1.23. The third-order valence-electron chi connectivity index (χ3n) is 3.98. The van der Waals surface area contributed by atoms with Gasteiger partial charge in [0, 0.05) is 18.8 Å². The van der Waals surface area contributed by atoms with Gasteiger partial charge in [0.2, 0.25) is 0 Å². The average molecular weight is 303 g/mol. The van der Waals surface area contributed by atoms with Crippen LogP contribution in [0, 0.1) is 0 Å². The van der Waals surface area contributed by atoms with Crippen LogP contribution in [-0.2, 0) is 6.54 Å². The number of ether oxygens (including phenoxy) is 1. The van der Waals surface area contributed by atoms with Crippen molar-refractivity contribution in [3.63, 3.8) is 0 Å². The molecule has 0 amide bonds. The van der Waals surface area contributed by atoms with E-state index in [4.69, 9.17) is 4.74 Å². The Morgan fingerprint density at radius 1 is 1.24 bits per heavy atom. The van der Waals surface area contributed by atoms with Gasteiger partial charge in [-0.3, -0.25) is 0 Å². The van der Waals surface area contributed by atoms with Crippen LogP contribution in [0.2, 0.25) is 0 Å². The lowest BCUT2D eigenvalue weighted by atomic mass is 10.0. The topological polar surface area (TPSA) is 41.5 Å². The van der Waals surface area contributed by atoms with Crippen molar-refractivity contribution in [1.29, 1.82) is 0 Å². The summed E-state index contributed by atoms with van der Waals surface area (Å²) in [7, 11) is 1.69. The van der Waals surface area contributed by atoms with E-state index in [-0.39, 0.29) is 0 Å². The Labute approximate surface area is 129 Å². The number of aliphatic hydroxyl groups is 1. The van der Waals surface area contributed by atoms with E-state index in [0.717, 1.165) is 30.2 Å². The second kappa shape index (κ2) is 6.26. The second-order valence-electron chi connectivity index (χ2n) is 5.68. The Kier molecular flexibility index (Phi) is 4.38. The third kappa shape index (κ3) is 3.51. The van der Waals surface area contributed by atoms with Gasteiger partial charge in [-0.25, -0.2) is 0 Å². The lowest BCUT2D eigenvalue weighted by molar-refractivity contribution is 0.0675. The van der Waals surface area contributed by atoms with Crippen LogP contribution < -0.4 is 10.1 Å². The molecule has 1 heterocycles. The van der Waals surface area contributed by atoms with Gasteiger partial charge in [0.25, 0.3) is 0 Å². The largest absolute Gasteiger partial charge is 0.497 e. The summed E-state index contributed by atoms with van der Waals surface area (Å²) < 4.78 is 5.24. The van der Waals surface area contributed by atoms with E-state index in [2.05, 4.69) is 29.6 Å². The molecule has 2 N–H and O–H groups in total. The number of rotatable bonds is 5. The van der Waals surface area contributed by atoms with E-state index in [0.29, 0.717) is 6.54 Å². The molecular formula is C17H21NO2S. The van der Waals surface area contributed by atoms with Crippen LogP contribution in [0.4, 0.5) is 0 Å². The molecule has 21 heavy (non-hydrogen) atoms. The first kappa shape index (κ1) is 14.7. The fourth-order valence-corrected chi connectivity index (χ4v) is 3.98. The zero-order valence-electron chi connectivity index (χ0n) is 12.3. The maximum absolute atomic E-state index is 10.3. The van der Waals surface area contributed by atoms with Gasteiger partial charge in [0.15, 0.2) is 0 Å². The molecule has 0 saturated carbocycles. The summed E-state index contributed by atoms with van der Waals surface area (Å²) in [4.78, 5) is 0. The zero-order chi connectivity index (χ0) is 14.7. The van der Waals surface area contributed by atoms with E-state index in [9.17, 15) is 5.11 Å². The van der Waals surface area contributed by atoms with E-state index < -0.39 is 5.60 Å². The molecule has 2 aromatic rings. The molecule has 0 aliphatic carbocycles. The number of benzene rings is 2. The predicted octanol–water partition coefficient (Wildman–Crippen LogP) is 2.81. The summed E-state index contributed by atoms with van der Waals surface area (Å²) in [6, 6.07) is 12.5. The first-order valence-electron chi connectivity index (χ1n) is 7.26. The number of hydrogen-bond donors (Lipinski definition) is 2. The molecule has 0 aromatic heterocycles. The summed E-state index contributed by atoms with van der Waals surface area (Å²) >= 11 is 1.83. The molecule has 3 nitrogen and oxygen atoms in total. The molecule has 1 atom stereocenters. The van der Waals surface area contributed by atoms with E-state index >= 15 is 0 Å². The SMILES string of the molecule is COc1ccc2cc(CNCC3(O)CCSC3)ccc2c1. The predicted molar refractivity (Wildman–Crippen MR) is 89.1 cm³/mol. The van der Waals surface area contributed by atoms with Gasteiger partial charge < -0.3 is 15.2 Å². The summed E-state index contributed by atoms with van der Waals surface area (Å²) in [5.74, 6) is 2.79. The Morgan fingerprint density at radius 3 is 2.81 bits per heavy atom. The van der Waals surface area contributed by atoms with Gasteiger partial charge in [-0.1, -0.05) is 18.2 Å². The highest BCUT2D eigenvalue weighted by atomic mass is 32.2. The molecule has 1 saturated heterocycles. The highest BCUT2D eigenvalue weighted by Crippen LogP contribution is 2.27. The number of thioether (sulfide) groups is 1. The molecule has 1 fully saturated rings. The van der Waals surface area contributed by atoms with Gasteiger partial charge in [-0.05, 0) is 46.7 Å². The molecule has 112 valence electrons. The van der Waals surface area contributed by atoms with Crippen molar-refractivity contribution in [2.24, 2.45) is 0 Å². The second-order valence-corrected chi connectivity index (χ2v) is 6.78. The Bertz CT molecular complexity index is 623. The molecule has 0 bridgehead atoms. The van der Waals surface area contributed by atoms with E-state index in [1.807, 2.05) is 23.9 Å². The van der Waals surface area contributed by atoms with Crippen LogP contribution in [0.5, 0.6) is 5.75 Å². The maximum Gasteiger partial charge on any atom is 0.119 e. The molecule has 1 aliphatic heterocycles.